The van der Waals surface area contributed by atoms with Gasteiger partial charge in [-0.2, -0.15) is 0 Å². The molecule has 2 atom stereocenters. The molecule has 7 heteroatoms. The van der Waals surface area contributed by atoms with E-state index in [1.165, 1.54) is 14.2 Å². The fourth-order valence-corrected chi connectivity index (χ4v) is 5.11. The number of methoxy groups -OCH3 is 2. The number of carbonyl (C=O) groups excluding carboxylic acids is 2. The highest BCUT2D eigenvalue weighted by molar-refractivity contribution is 6.30. The topological polar surface area (TPSA) is 67.9 Å². The van der Waals surface area contributed by atoms with Crippen LogP contribution < -0.4 is 14.8 Å². The zero-order valence-electron chi connectivity index (χ0n) is 18.3. The number of halogens is 1. The first-order valence-corrected chi connectivity index (χ1v) is 11.1. The first-order valence-electron chi connectivity index (χ1n) is 10.7. The molecular formula is C26H23ClN2O4. The molecule has 0 radical (unpaired) electrons. The molecule has 33 heavy (non-hydrogen) atoms. The number of hydrogen-bond acceptors (Lipinski definition) is 4. The van der Waals surface area contributed by atoms with Crippen LogP contribution in [0.2, 0.25) is 5.02 Å². The molecule has 0 aliphatic carbocycles. The normalized spacial score (nSPS) is 18.6. The van der Waals surface area contributed by atoms with E-state index in [0.29, 0.717) is 39.9 Å². The highest BCUT2D eigenvalue weighted by atomic mass is 35.5. The molecule has 2 aliphatic heterocycles. The Morgan fingerprint density at radius 1 is 1.00 bits per heavy atom. The predicted molar refractivity (Wildman–Crippen MR) is 126 cm³/mol. The van der Waals surface area contributed by atoms with Crippen LogP contribution in [0.15, 0.2) is 60.7 Å². The fraction of sp³-hybridized carbons (Fsp3) is 0.231. The average molecular weight is 463 g/mol. The smallest absolute Gasteiger partial charge is 0.254 e. The molecule has 2 heterocycles. The van der Waals surface area contributed by atoms with Crippen molar-refractivity contribution in [1.29, 1.82) is 0 Å². The predicted octanol–water partition coefficient (Wildman–Crippen LogP) is 4.83. The Balaban J connectivity index is 1.68. The molecule has 0 saturated carbocycles. The van der Waals surface area contributed by atoms with E-state index >= 15 is 0 Å². The van der Waals surface area contributed by atoms with Gasteiger partial charge in [0.25, 0.3) is 5.91 Å². The van der Waals surface area contributed by atoms with Gasteiger partial charge in [-0.05, 0) is 53.4 Å². The second-order valence-corrected chi connectivity index (χ2v) is 8.60. The molecule has 2 aliphatic rings. The number of hydrogen-bond donors (Lipinski definition) is 1. The Kier molecular flexibility index (Phi) is 5.46. The van der Waals surface area contributed by atoms with Gasteiger partial charge in [-0.25, -0.2) is 0 Å². The summed E-state index contributed by atoms with van der Waals surface area (Å²) in [4.78, 5) is 29.2. The van der Waals surface area contributed by atoms with Crippen LogP contribution in [0.3, 0.4) is 0 Å². The van der Waals surface area contributed by atoms with Crippen LogP contribution in [0, 0.1) is 0 Å². The molecule has 0 unspecified atom stereocenters. The Morgan fingerprint density at radius 2 is 1.76 bits per heavy atom. The molecule has 168 valence electrons. The Bertz CT molecular complexity index is 1260. The standard InChI is InChI=1S/C26H23ClN2O4/c1-32-21-13-19-20(14-22(21)33-2)26(31)29-11-10-15-6-3-4-9-18(15)24(29)23(19)25(30)28-17-8-5-7-16(27)12-17/h3-9,12-14,23-24H,10-11H2,1-2H3,(H,28,30)/t23-,24+/m0/s1. The van der Waals surface area contributed by atoms with Crippen molar-refractivity contribution < 1.29 is 19.1 Å². The summed E-state index contributed by atoms with van der Waals surface area (Å²) in [6.07, 6.45) is 0.740. The summed E-state index contributed by atoms with van der Waals surface area (Å²) in [5.41, 5.74) is 3.81. The van der Waals surface area contributed by atoms with Crippen molar-refractivity contribution in [2.45, 2.75) is 18.4 Å². The van der Waals surface area contributed by atoms with E-state index in [9.17, 15) is 9.59 Å². The van der Waals surface area contributed by atoms with Gasteiger partial charge >= 0.3 is 0 Å². The van der Waals surface area contributed by atoms with E-state index < -0.39 is 12.0 Å². The minimum Gasteiger partial charge on any atom is -0.493 e. The summed E-state index contributed by atoms with van der Waals surface area (Å²) in [6, 6.07) is 18.0. The number of benzene rings is 3. The highest BCUT2D eigenvalue weighted by Crippen LogP contribution is 2.48. The Labute approximate surface area is 197 Å². The van der Waals surface area contributed by atoms with Gasteiger partial charge in [-0.15, -0.1) is 0 Å². The lowest BCUT2D eigenvalue weighted by molar-refractivity contribution is -0.119. The van der Waals surface area contributed by atoms with E-state index in [4.69, 9.17) is 21.1 Å². The molecular weight excluding hydrogens is 440 g/mol. The first kappa shape index (κ1) is 21.3. The molecule has 6 nitrogen and oxygen atoms in total. The molecule has 0 bridgehead atoms. The van der Waals surface area contributed by atoms with Crippen molar-refractivity contribution in [1.82, 2.24) is 4.90 Å². The van der Waals surface area contributed by atoms with Crippen LogP contribution in [0.4, 0.5) is 5.69 Å². The molecule has 2 amide bonds. The zero-order valence-corrected chi connectivity index (χ0v) is 19.1. The number of nitrogens with zero attached hydrogens (tertiary/aromatic N) is 1. The monoisotopic (exact) mass is 462 g/mol. The zero-order chi connectivity index (χ0) is 23.1. The van der Waals surface area contributed by atoms with Crippen molar-refractivity contribution in [3.8, 4) is 11.5 Å². The minimum atomic E-state index is -0.641. The molecule has 3 aromatic rings. The number of carbonyl (C=O) groups is 2. The lowest BCUT2D eigenvalue weighted by Crippen LogP contribution is -2.49. The second-order valence-electron chi connectivity index (χ2n) is 8.16. The maximum atomic E-state index is 13.8. The number of anilines is 1. The maximum Gasteiger partial charge on any atom is 0.254 e. The van der Waals surface area contributed by atoms with Gasteiger partial charge in [0.05, 0.1) is 26.2 Å². The molecule has 3 aromatic carbocycles. The van der Waals surface area contributed by atoms with Crippen LogP contribution in [0.5, 0.6) is 11.5 Å². The molecule has 0 aromatic heterocycles. The number of rotatable bonds is 4. The van der Waals surface area contributed by atoms with Crippen molar-refractivity contribution in [3.05, 3.63) is 87.9 Å². The van der Waals surface area contributed by atoms with Gasteiger partial charge in [0.15, 0.2) is 11.5 Å². The van der Waals surface area contributed by atoms with Crippen molar-refractivity contribution in [2.75, 3.05) is 26.1 Å². The third-order valence-electron chi connectivity index (χ3n) is 6.40. The summed E-state index contributed by atoms with van der Waals surface area (Å²) in [7, 11) is 3.07. The van der Waals surface area contributed by atoms with Crippen LogP contribution in [0.25, 0.3) is 0 Å². The quantitative estimate of drug-likeness (QED) is 0.602. The number of ether oxygens (including phenoxy) is 2. The SMILES string of the molecule is COc1cc2c(cc1OC)[C@H](C(=O)Nc1cccc(Cl)c1)[C@H]1c3ccccc3CCN1C2=O. The average Bonchev–Trinajstić information content (AvgIpc) is 2.83. The number of amides is 2. The van der Waals surface area contributed by atoms with Gasteiger partial charge in [0, 0.05) is 22.8 Å². The van der Waals surface area contributed by atoms with Gasteiger partial charge in [-0.3, -0.25) is 9.59 Å². The van der Waals surface area contributed by atoms with Gasteiger partial charge < -0.3 is 19.7 Å². The van der Waals surface area contributed by atoms with Gasteiger partial charge in [-0.1, -0.05) is 41.9 Å². The molecule has 0 saturated heterocycles. The molecule has 0 spiro atoms. The lowest BCUT2D eigenvalue weighted by Gasteiger charge is -2.45. The molecule has 1 N–H and O–H groups in total. The summed E-state index contributed by atoms with van der Waals surface area (Å²) in [5.74, 6) is -0.0447. The first-order chi connectivity index (χ1) is 16.0. The van der Waals surface area contributed by atoms with E-state index in [2.05, 4.69) is 11.4 Å². The molecule has 5 rings (SSSR count). The van der Waals surface area contributed by atoms with Crippen molar-refractivity contribution in [3.63, 3.8) is 0 Å². The minimum absolute atomic E-state index is 0.114. The Morgan fingerprint density at radius 3 is 2.52 bits per heavy atom. The van der Waals surface area contributed by atoms with Crippen LogP contribution in [0.1, 0.15) is 39.0 Å². The largest absolute Gasteiger partial charge is 0.493 e. The second kappa shape index (κ2) is 8.45. The third-order valence-corrected chi connectivity index (χ3v) is 6.64. The third kappa shape index (κ3) is 3.60. The maximum absolute atomic E-state index is 13.8. The van der Waals surface area contributed by atoms with Crippen molar-refractivity contribution >= 4 is 29.1 Å². The lowest BCUT2D eigenvalue weighted by atomic mass is 9.75. The van der Waals surface area contributed by atoms with Crippen LogP contribution in [-0.2, 0) is 11.2 Å². The van der Waals surface area contributed by atoms with Gasteiger partial charge in [0.1, 0.15) is 0 Å². The van der Waals surface area contributed by atoms with Crippen molar-refractivity contribution in [2.24, 2.45) is 0 Å². The summed E-state index contributed by atoms with van der Waals surface area (Å²) in [6.45, 7) is 0.537. The van der Waals surface area contributed by atoms with E-state index in [1.54, 1.807) is 41.3 Å². The summed E-state index contributed by atoms with van der Waals surface area (Å²) < 4.78 is 10.9. The van der Waals surface area contributed by atoms with Crippen LogP contribution >= 0.6 is 11.6 Å². The van der Waals surface area contributed by atoms with E-state index in [1.807, 2.05) is 18.2 Å². The number of fused-ring (bicyclic) bond motifs is 4. The number of nitrogens with one attached hydrogen (secondary N) is 1. The molecule has 0 fully saturated rings. The summed E-state index contributed by atoms with van der Waals surface area (Å²) in [5, 5.41) is 3.54. The Hall–Kier alpha value is -3.51. The fourth-order valence-electron chi connectivity index (χ4n) is 4.92. The summed E-state index contributed by atoms with van der Waals surface area (Å²) >= 11 is 6.13. The van der Waals surface area contributed by atoms with E-state index in [0.717, 1.165) is 17.5 Å². The van der Waals surface area contributed by atoms with E-state index in [-0.39, 0.29) is 11.8 Å². The van der Waals surface area contributed by atoms with Crippen LogP contribution in [-0.4, -0.2) is 37.5 Å². The van der Waals surface area contributed by atoms with Gasteiger partial charge in [0.2, 0.25) is 5.91 Å². The highest BCUT2D eigenvalue weighted by Gasteiger charge is 2.47.